The summed E-state index contributed by atoms with van der Waals surface area (Å²) in [4.78, 5) is 9.26. The van der Waals surface area contributed by atoms with Crippen molar-refractivity contribution >= 4 is 11.6 Å². The van der Waals surface area contributed by atoms with Crippen LogP contribution in [0.3, 0.4) is 0 Å². The van der Waals surface area contributed by atoms with E-state index in [1.807, 2.05) is 18.7 Å². The molecule has 0 amide bonds. The largest absolute Gasteiger partial charge is 0.451 e. The Hall–Kier alpha value is -1.53. The van der Waals surface area contributed by atoms with Crippen LogP contribution in [0.2, 0.25) is 0 Å². The Morgan fingerprint density at radius 3 is 2.67 bits per heavy atom. The summed E-state index contributed by atoms with van der Waals surface area (Å²) in [6, 6.07) is 1.78. The predicted octanol–water partition coefficient (Wildman–Crippen LogP) is 3.55. The first-order valence-electron chi connectivity index (χ1n) is 7.29. The number of alkyl halides is 3. The van der Waals surface area contributed by atoms with Gasteiger partial charge in [-0.1, -0.05) is 6.92 Å². The second-order valence-corrected chi connectivity index (χ2v) is 5.52. The van der Waals surface area contributed by atoms with Crippen molar-refractivity contribution in [2.75, 3.05) is 23.3 Å². The van der Waals surface area contributed by atoms with Gasteiger partial charge in [0.25, 0.3) is 0 Å². The topological polar surface area (TPSA) is 41.0 Å². The molecule has 7 heteroatoms. The lowest BCUT2D eigenvalue weighted by Crippen LogP contribution is -2.43. The van der Waals surface area contributed by atoms with Crippen molar-refractivity contribution in [1.29, 1.82) is 0 Å². The van der Waals surface area contributed by atoms with Crippen LogP contribution in [0, 0.1) is 5.92 Å². The lowest BCUT2D eigenvalue weighted by atomic mass is 9.92. The van der Waals surface area contributed by atoms with Crippen molar-refractivity contribution in [1.82, 2.24) is 9.97 Å². The third-order valence-electron chi connectivity index (χ3n) is 3.99. The molecule has 2 heterocycles. The van der Waals surface area contributed by atoms with E-state index in [1.54, 1.807) is 6.07 Å². The minimum Gasteiger partial charge on any atom is -0.370 e. The van der Waals surface area contributed by atoms with Crippen LogP contribution in [0.25, 0.3) is 0 Å². The molecular weight excluding hydrogens is 281 g/mol. The summed E-state index contributed by atoms with van der Waals surface area (Å²) in [5, 5.41) is 2.85. The highest BCUT2D eigenvalue weighted by molar-refractivity contribution is 5.50. The summed E-state index contributed by atoms with van der Waals surface area (Å²) in [7, 11) is 0. The first-order chi connectivity index (χ1) is 9.82. The van der Waals surface area contributed by atoms with Crippen LogP contribution in [0.5, 0.6) is 0 Å². The van der Waals surface area contributed by atoms with Crippen molar-refractivity contribution in [2.45, 2.75) is 45.8 Å². The summed E-state index contributed by atoms with van der Waals surface area (Å²) in [5.41, 5.74) is 0. The monoisotopic (exact) mass is 302 g/mol. The average Bonchev–Trinajstić information content (AvgIpc) is 2.41. The number of hydrogen-bond acceptors (Lipinski definition) is 4. The zero-order valence-corrected chi connectivity index (χ0v) is 12.5. The van der Waals surface area contributed by atoms with E-state index in [4.69, 9.17) is 0 Å². The van der Waals surface area contributed by atoms with Crippen molar-refractivity contribution in [3.8, 4) is 0 Å². The average molecular weight is 302 g/mol. The van der Waals surface area contributed by atoms with E-state index in [0.29, 0.717) is 18.3 Å². The van der Waals surface area contributed by atoms with Gasteiger partial charge in [0.15, 0.2) is 0 Å². The Kier molecular flexibility index (Phi) is 4.58. The molecule has 118 valence electrons. The number of aromatic nitrogens is 2. The summed E-state index contributed by atoms with van der Waals surface area (Å²) in [5.74, 6) is -0.0698. The van der Waals surface area contributed by atoms with Gasteiger partial charge in [0.05, 0.1) is 0 Å². The first-order valence-corrected chi connectivity index (χ1v) is 7.29. The molecule has 0 radical (unpaired) electrons. The Bertz CT molecular complexity index is 490. The van der Waals surface area contributed by atoms with Gasteiger partial charge in [-0.2, -0.15) is 13.2 Å². The van der Waals surface area contributed by atoms with Gasteiger partial charge in [-0.05, 0) is 32.6 Å². The van der Waals surface area contributed by atoms with Crippen LogP contribution in [0.4, 0.5) is 24.8 Å². The molecule has 1 fully saturated rings. The maximum atomic E-state index is 13.0. The van der Waals surface area contributed by atoms with E-state index in [9.17, 15) is 13.2 Å². The van der Waals surface area contributed by atoms with E-state index >= 15 is 0 Å². The van der Waals surface area contributed by atoms with Crippen LogP contribution in [-0.4, -0.2) is 29.1 Å². The number of rotatable bonds is 3. The van der Waals surface area contributed by atoms with Gasteiger partial charge in [-0.25, -0.2) is 9.97 Å². The third kappa shape index (κ3) is 3.57. The van der Waals surface area contributed by atoms with Crippen molar-refractivity contribution in [3.05, 3.63) is 11.9 Å². The van der Waals surface area contributed by atoms with E-state index in [1.165, 1.54) is 0 Å². The van der Waals surface area contributed by atoms with Gasteiger partial charge in [0.1, 0.15) is 11.6 Å². The summed E-state index contributed by atoms with van der Waals surface area (Å²) >= 11 is 0. The van der Waals surface area contributed by atoms with Crippen LogP contribution >= 0.6 is 0 Å². The molecular formula is C14H21F3N4. The smallest absolute Gasteiger partial charge is 0.370 e. The molecule has 0 bridgehead atoms. The van der Waals surface area contributed by atoms with Crippen LogP contribution in [-0.2, 0) is 6.18 Å². The van der Waals surface area contributed by atoms with Crippen LogP contribution < -0.4 is 10.2 Å². The van der Waals surface area contributed by atoms with E-state index in [2.05, 4.69) is 22.2 Å². The minimum atomic E-state index is -4.54. The molecule has 1 N–H and O–H groups in total. The van der Waals surface area contributed by atoms with Gasteiger partial charge < -0.3 is 10.2 Å². The number of halogens is 3. The van der Waals surface area contributed by atoms with Gasteiger partial charge in [-0.15, -0.1) is 0 Å². The molecule has 0 aliphatic carbocycles. The molecule has 1 aliphatic rings. The summed E-state index contributed by atoms with van der Waals surface area (Å²) < 4.78 is 38.9. The lowest BCUT2D eigenvalue weighted by molar-refractivity contribution is -0.144. The third-order valence-corrected chi connectivity index (χ3v) is 3.99. The van der Waals surface area contributed by atoms with Crippen molar-refractivity contribution in [2.24, 2.45) is 5.92 Å². The molecule has 21 heavy (non-hydrogen) atoms. The molecule has 0 saturated carbocycles. The molecule has 2 rings (SSSR count). The summed E-state index contributed by atoms with van der Waals surface area (Å²) in [6.07, 6.45) is -2.48. The Labute approximate surface area is 122 Å². The molecule has 1 saturated heterocycles. The molecule has 0 spiro atoms. The van der Waals surface area contributed by atoms with Gasteiger partial charge in [0, 0.05) is 25.2 Å². The predicted molar refractivity (Wildman–Crippen MR) is 76.4 cm³/mol. The maximum absolute atomic E-state index is 13.0. The standard InChI is InChI=1S/C14H21F3N4/c1-4-18-11-8-12(20-13(19-11)14(15,16)17)21-7-5-6-9(2)10(21)3/h8-10H,4-7H2,1-3H3,(H,18,19,20). The van der Waals surface area contributed by atoms with E-state index < -0.39 is 12.0 Å². The Balaban J connectivity index is 2.39. The molecule has 2 atom stereocenters. The molecule has 2 unspecified atom stereocenters. The highest BCUT2D eigenvalue weighted by Gasteiger charge is 2.36. The molecule has 1 aromatic heterocycles. The Morgan fingerprint density at radius 2 is 2.05 bits per heavy atom. The summed E-state index contributed by atoms with van der Waals surface area (Å²) in [6.45, 7) is 7.21. The zero-order chi connectivity index (χ0) is 15.6. The van der Waals surface area contributed by atoms with Crippen molar-refractivity contribution in [3.63, 3.8) is 0 Å². The van der Waals surface area contributed by atoms with E-state index in [0.717, 1.165) is 19.4 Å². The van der Waals surface area contributed by atoms with Crippen LogP contribution in [0.1, 0.15) is 39.4 Å². The Morgan fingerprint density at radius 1 is 1.33 bits per heavy atom. The van der Waals surface area contributed by atoms with E-state index in [-0.39, 0.29) is 11.9 Å². The molecule has 1 aromatic rings. The fourth-order valence-corrected chi connectivity index (χ4v) is 2.64. The quantitative estimate of drug-likeness (QED) is 0.927. The maximum Gasteiger partial charge on any atom is 0.451 e. The fourth-order valence-electron chi connectivity index (χ4n) is 2.64. The number of nitrogens with one attached hydrogen (secondary N) is 1. The number of anilines is 2. The zero-order valence-electron chi connectivity index (χ0n) is 12.5. The second kappa shape index (κ2) is 6.07. The van der Waals surface area contributed by atoms with Crippen LogP contribution in [0.15, 0.2) is 6.07 Å². The highest BCUT2D eigenvalue weighted by atomic mass is 19.4. The molecule has 4 nitrogen and oxygen atoms in total. The van der Waals surface area contributed by atoms with Gasteiger partial charge in [-0.3, -0.25) is 0 Å². The minimum absolute atomic E-state index is 0.171. The molecule has 1 aliphatic heterocycles. The lowest BCUT2D eigenvalue weighted by Gasteiger charge is -2.39. The highest BCUT2D eigenvalue weighted by Crippen LogP contribution is 2.32. The second-order valence-electron chi connectivity index (χ2n) is 5.52. The normalized spacial score (nSPS) is 23.2. The van der Waals surface area contributed by atoms with Gasteiger partial charge in [0.2, 0.25) is 5.82 Å². The number of hydrogen-bond donors (Lipinski definition) is 1. The SMILES string of the molecule is CCNc1cc(N2CCCC(C)C2C)nc(C(F)(F)F)n1. The van der Waals surface area contributed by atoms with Gasteiger partial charge >= 0.3 is 6.18 Å². The fraction of sp³-hybridized carbons (Fsp3) is 0.714. The number of nitrogens with zero attached hydrogens (tertiary/aromatic N) is 3. The first kappa shape index (κ1) is 15.9. The molecule has 0 aromatic carbocycles. The van der Waals surface area contributed by atoms with Crippen molar-refractivity contribution < 1.29 is 13.2 Å². The number of piperidine rings is 1.